The highest BCUT2D eigenvalue weighted by Gasteiger charge is 2.23. The second-order valence-corrected chi connectivity index (χ2v) is 6.69. The molecule has 0 aromatic heterocycles. The Labute approximate surface area is 69.3 Å². The highest BCUT2D eigenvalue weighted by Crippen LogP contribution is 2.52. The van der Waals surface area contributed by atoms with Crippen molar-refractivity contribution in [3.05, 3.63) is 0 Å². The van der Waals surface area contributed by atoms with E-state index in [0.29, 0.717) is 0 Å². The minimum Gasteiger partial charge on any atom is -0.131 e. The zero-order chi connectivity index (χ0) is 6.69. The van der Waals surface area contributed by atoms with Gasteiger partial charge in [0.1, 0.15) is 0 Å². The van der Waals surface area contributed by atoms with E-state index in [-0.39, 0.29) is 0 Å². The number of hydrogen-bond acceptors (Lipinski definition) is 3. The molecule has 0 N–H and O–H groups in total. The highest BCUT2D eigenvalue weighted by molar-refractivity contribution is 8.82. The van der Waals surface area contributed by atoms with Crippen LogP contribution in [0.1, 0.15) is 26.7 Å². The van der Waals surface area contributed by atoms with Gasteiger partial charge in [0, 0.05) is 0 Å². The summed E-state index contributed by atoms with van der Waals surface area (Å²) in [6.45, 7) is 4.53. The Hall–Kier alpha value is 1.05. The van der Waals surface area contributed by atoms with E-state index < -0.39 is 0 Å². The third-order valence-electron chi connectivity index (χ3n) is 1.24. The molecule has 9 heavy (non-hydrogen) atoms. The molecule has 1 aliphatic rings. The zero-order valence-electron chi connectivity index (χ0n) is 5.79. The standard InChI is InChI=1S/C6H12S3/c1-3-5-7-6(4-2)9-8-5/h5-6H,3-4H2,1-2H3/t5-,6+. The predicted molar refractivity (Wildman–Crippen MR) is 50.9 cm³/mol. The Bertz CT molecular complexity index is 74.4. The third-order valence-corrected chi connectivity index (χ3v) is 7.42. The lowest BCUT2D eigenvalue weighted by Gasteiger charge is -2.02. The van der Waals surface area contributed by atoms with Gasteiger partial charge in [-0.1, -0.05) is 35.4 Å². The van der Waals surface area contributed by atoms with Crippen LogP contribution in [0.25, 0.3) is 0 Å². The number of hydrogen-bond donors (Lipinski definition) is 0. The SMILES string of the molecule is CC[C@@H]1SS[C@H](CC)S1. The molecule has 0 radical (unpaired) electrons. The van der Waals surface area contributed by atoms with E-state index in [2.05, 4.69) is 47.2 Å². The Morgan fingerprint density at radius 3 is 1.67 bits per heavy atom. The van der Waals surface area contributed by atoms with Crippen molar-refractivity contribution in [2.24, 2.45) is 0 Å². The Balaban J connectivity index is 2.20. The molecular formula is C6H12S3. The molecule has 1 heterocycles. The van der Waals surface area contributed by atoms with Gasteiger partial charge in [-0.25, -0.2) is 0 Å². The molecule has 0 amide bonds. The monoisotopic (exact) mass is 180 g/mol. The molecule has 3 heteroatoms. The highest BCUT2D eigenvalue weighted by atomic mass is 33.1. The summed E-state index contributed by atoms with van der Waals surface area (Å²) in [5.41, 5.74) is 0. The largest absolute Gasteiger partial charge is 0.131 e. The maximum Gasteiger partial charge on any atom is 0.0615 e. The summed E-state index contributed by atoms with van der Waals surface area (Å²) in [6.07, 6.45) is 2.64. The summed E-state index contributed by atoms with van der Waals surface area (Å²) >= 11 is 2.14. The minimum absolute atomic E-state index is 0.875. The first-order valence-electron chi connectivity index (χ1n) is 3.34. The fourth-order valence-electron chi connectivity index (χ4n) is 0.667. The van der Waals surface area contributed by atoms with Gasteiger partial charge in [-0.2, -0.15) is 0 Å². The molecule has 0 aromatic rings. The second kappa shape index (κ2) is 4.04. The first kappa shape index (κ1) is 8.15. The van der Waals surface area contributed by atoms with Gasteiger partial charge in [-0.15, -0.1) is 11.8 Å². The van der Waals surface area contributed by atoms with E-state index >= 15 is 0 Å². The van der Waals surface area contributed by atoms with E-state index in [1.807, 2.05) is 0 Å². The van der Waals surface area contributed by atoms with E-state index in [9.17, 15) is 0 Å². The van der Waals surface area contributed by atoms with E-state index in [1.54, 1.807) is 0 Å². The van der Waals surface area contributed by atoms with Crippen molar-refractivity contribution >= 4 is 33.3 Å². The fraction of sp³-hybridized carbons (Fsp3) is 1.00. The second-order valence-electron chi connectivity index (χ2n) is 2.00. The van der Waals surface area contributed by atoms with Crippen LogP contribution in [0.4, 0.5) is 0 Å². The Kier molecular flexibility index (Phi) is 3.66. The van der Waals surface area contributed by atoms with Crippen LogP contribution >= 0.6 is 33.3 Å². The molecule has 0 aromatic carbocycles. The van der Waals surface area contributed by atoms with Crippen LogP contribution in [0.2, 0.25) is 0 Å². The summed E-state index contributed by atoms with van der Waals surface area (Å²) in [7, 11) is 4.11. The molecule has 1 aliphatic heterocycles. The van der Waals surface area contributed by atoms with Gasteiger partial charge >= 0.3 is 0 Å². The lowest BCUT2D eigenvalue weighted by atomic mass is 10.6. The molecule has 54 valence electrons. The van der Waals surface area contributed by atoms with E-state index in [4.69, 9.17) is 0 Å². The molecule has 2 atom stereocenters. The molecule has 0 bridgehead atoms. The van der Waals surface area contributed by atoms with Crippen LogP contribution in [0.15, 0.2) is 0 Å². The van der Waals surface area contributed by atoms with Gasteiger partial charge in [-0.05, 0) is 12.8 Å². The van der Waals surface area contributed by atoms with Gasteiger partial charge in [-0.3, -0.25) is 0 Å². The van der Waals surface area contributed by atoms with Crippen LogP contribution in [0.3, 0.4) is 0 Å². The summed E-state index contributed by atoms with van der Waals surface area (Å²) in [5, 5.41) is 0. The first-order chi connectivity index (χ1) is 4.36. The summed E-state index contributed by atoms with van der Waals surface area (Å²) in [5.74, 6) is 0. The van der Waals surface area contributed by atoms with E-state index in [1.165, 1.54) is 12.8 Å². The smallest absolute Gasteiger partial charge is 0.0615 e. The topological polar surface area (TPSA) is 0 Å². The Morgan fingerprint density at radius 2 is 1.44 bits per heavy atom. The lowest BCUT2D eigenvalue weighted by Crippen LogP contribution is -1.91. The summed E-state index contributed by atoms with van der Waals surface area (Å²) in [6, 6.07) is 0. The van der Waals surface area contributed by atoms with Crippen molar-refractivity contribution < 1.29 is 0 Å². The normalized spacial score (nSPS) is 35.3. The summed E-state index contributed by atoms with van der Waals surface area (Å²) < 4.78 is 1.75. The van der Waals surface area contributed by atoms with Crippen molar-refractivity contribution in [3.8, 4) is 0 Å². The predicted octanol–water partition coefficient (Wildman–Crippen LogP) is 3.59. The van der Waals surface area contributed by atoms with Crippen molar-refractivity contribution in [1.82, 2.24) is 0 Å². The Morgan fingerprint density at radius 1 is 1.00 bits per heavy atom. The van der Waals surface area contributed by atoms with Crippen LogP contribution < -0.4 is 0 Å². The minimum atomic E-state index is 0.875. The molecule has 1 saturated heterocycles. The number of rotatable bonds is 2. The maximum atomic E-state index is 2.27. The van der Waals surface area contributed by atoms with Crippen LogP contribution in [-0.4, -0.2) is 9.16 Å². The van der Waals surface area contributed by atoms with Gasteiger partial charge in [0.2, 0.25) is 0 Å². The lowest BCUT2D eigenvalue weighted by molar-refractivity contribution is 1.03. The average molecular weight is 180 g/mol. The molecule has 0 saturated carbocycles. The van der Waals surface area contributed by atoms with Gasteiger partial charge in [0.25, 0.3) is 0 Å². The first-order valence-corrected chi connectivity index (χ1v) is 6.56. The maximum absolute atomic E-state index is 2.27. The van der Waals surface area contributed by atoms with Crippen LogP contribution in [-0.2, 0) is 0 Å². The molecule has 1 rings (SSSR count). The quantitative estimate of drug-likeness (QED) is 0.596. The third kappa shape index (κ3) is 2.28. The van der Waals surface area contributed by atoms with Crippen molar-refractivity contribution in [3.63, 3.8) is 0 Å². The van der Waals surface area contributed by atoms with Gasteiger partial charge < -0.3 is 0 Å². The average Bonchev–Trinajstić information content (AvgIpc) is 2.34. The molecule has 1 fully saturated rings. The van der Waals surface area contributed by atoms with Gasteiger partial charge in [0.05, 0.1) is 9.16 Å². The van der Waals surface area contributed by atoms with Crippen molar-refractivity contribution in [2.75, 3.05) is 0 Å². The molecule has 0 unspecified atom stereocenters. The van der Waals surface area contributed by atoms with Gasteiger partial charge in [0.15, 0.2) is 0 Å². The molecule has 0 nitrogen and oxygen atoms in total. The van der Waals surface area contributed by atoms with Crippen LogP contribution in [0.5, 0.6) is 0 Å². The van der Waals surface area contributed by atoms with Crippen LogP contribution in [0, 0.1) is 0 Å². The molecule has 0 aliphatic carbocycles. The fourth-order valence-corrected chi connectivity index (χ4v) is 6.48. The van der Waals surface area contributed by atoms with Crippen molar-refractivity contribution in [1.29, 1.82) is 0 Å². The molecule has 0 spiro atoms. The zero-order valence-corrected chi connectivity index (χ0v) is 8.24. The van der Waals surface area contributed by atoms with E-state index in [0.717, 1.165) is 9.16 Å². The summed E-state index contributed by atoms with van der Waals surface area (Å²) in [4.78, 5) is 0. The van der Waals surface area contributed by atoms with Crippen molar-refractivity contribution in [2.45, 2.75) is 35.9 Å². The number of thioether (sulfide) groups is 1. The molecular weight excluding hydrogens is 168 g/mol.